The van der Waals surface area contributed by atoms with E-state index < -0.39 is 0 Å². The Kier molecular flexibility index (Phi) is 7.42. The largest absolute Gasteiger partial charge is 0.283 e. The summed E-state index contributed by atoms with van der Waals surface area (Å²) in [5, 5.41) is 7.09. The van der Waals surface area contributed by atoms with Crippen molar-refractivity contribution in [3.05, 3.63) is 95.2 Å². The third-order valence-corrected chi connectivity index (χ3v) is 7.02. The van der Waals surface area contributed by atoms with Crippen molar-refractivity contribution in [3.63, 3.8) is 0 Å². The first-order valence-electron chi connectivity index (χ1n) is 12.3. The molecule has 0 spiro atoms. The van der Waals surface area contributed by atoms with E-state index in [0.29, 0.717) is 0 Å². The first kappa shape index (κ1) is 22.3. The first-order valence-corrected chi connectivity index (χ1v) is 12.3. The van der Waals surface area contributed by atoms with Gasteiger partial charge < -0.3 is 0 Å². The summed E-state index contributed by atoms with van der Waals surface area (Å²) in [6.45, 7) is 8.76. The highest BCUT2D eigenvalue weighted by Crippen LogP contribution is 2.30. The van der Waals surface area contributed by atoms with Gasteiger partial charge in [0.25, 0.3) is 0 Å². The van der Waals surface area contributed by atoms with Crippen molar-refractivity contribution in [1.29, 1.82) is 0 Å². The summed E-state index contributed by atoms with van der Waals surface area (Å²) < 4.78 is 0. The molecule has 166 valence electrons. The molecule has 1 fully saturated rings. The Hall–Kier alpha value is -2.87. The predicted molar refractivity (Wildman–Crippen MR) is 138 cm³/mol. The predicted octanol–water partition coefficient (Wildman–Crippen LogP) is 7.77. The van der Waals surface area contributed by atoms with Crippen molar-refractivity contribution >= 4 is 17.0 Å². The zero-order valence-electron chi connectivity index (χ0n) is 19.6. The van der Waals surface area contributed by atoms with Gasteiger partial charge in [0.1, 0.15) is 0 Å². The lowest BCUT2D eigenvalue weighted by atomic mass is 9.92. The molecular weight excluding hydrogens is 388 g/mol. The maximum Gasteiger partial charge on any atom is 0.0544 e. The summed E-state index contributed by atoms with van der Waals surface area (Å²) >= 11 is 0. The number of allylic oxidation sites excluding steroid dienone is 1. The Balaban J connectivity index is 1.44. The number of nitrogens with zero attached hydrogens (tertiary/aromatic N) is 1. The van der Waals surface area contributed by atoms with Crippen LogP contribution in [0.5, 0.6) is 0 Å². The maximum atomic E-state index is 4.55. The van der Waals surface area contributed by atoms with Crippen LogP contribution in [0.4, 0.5) is 0 Å². The van der Waals surface area contributed by atoms with Gasteiger partial charge in [-0.1, -0.05) is 101 Å². The standard InChI is InChI=1S/C30H36N2/c1-4-25-15-14-24(19-29(25)18-23-10-6-7-11-23)21-31-32-22(3)30(5-2)28-17-16-26-12-8-9-13-27(26)20-28/h8-9,12-17,19-21,23,30,32H,3-7,10-11,18H2,1-2H3/b31-21+. The molecule has 0 radical (unpaired) electrons. The van der Waals surface area contributed by atoms with E-state index in [9.17, 15) is 0 Å². The highest BCUT2D eigenvalue weighted by molar-refractivity contribution is 5.83. The van der Waals surface area contributed by atoms with Crippen LogP contribution in [0.2, 0.25) is 0 Å². The summed E-state index contributed by atoms with van der Waals surface area (Å²) in [6, 6.07) is 22.0. The maximum absolute atomic E-state index is 4.55. The minimum absolute atomic E-state index is 0.233. The average Bonchev–Trinajstić information content (AvgIpc) is 3.33. The lowest BCUT2D eigenvalue weighted by molar-refractivity contribution is 0.544. The van der Waals surface area contributed by atoms with Crippen molar-refractivity contribution in [2.75, 3.05) is 0 Å². The van der Waals surface area contributed by atoms with Crippen LogP contribution in [-0.4, -0.2) is 6.21 Å². The van der Waals surface area contributed by atoms with E-state index in [0.717, 1.165) is 30.0 Å². The van der Waals surface area contributed by atoms with E-state index in [1.54, 1.807) is 0 Å². The zero-order chi connectivity index (χ0) is 22.3. The quantitative estimate of drug-likeness (QED) is 0.275. The normalized spacial score (nSPS) is 15.4. The molecule has 0 heterocycles. The molecule has 0 aromatic heterocycles. The molecule has 1 aliphatic rings. The van der Waals surface area contributed by atoms with Crippen molar-refractivity contribution in [2.24, 2.45) is 11.0 Å². The molecule has 0 amide bonds. The topological polar surface area (TPSA) is 24.4 Å². The van der Waals surface area contributed by atoms with Crippen molar-refractivity contribution in [2.45, 2.75) is 64.7 Å². The highest BCUT2D eigenvalue weighted by atomic mass is 15.3. The van der Waals surface area contributed by atoms with Gasteiger partial charge in [0.2, 0.25) is 0 Å². The van der Waals surface area contributed by atoms with E-state index in [4.69, 9.17) is 0 Å². The second kappa shape index (κ2) is 10.6. The molecule has 0 saturated heterocycles. The molecule has 2 heteroatoms. The number of hydrazone groups is 1. The van der Waals surface area contributed by atoms with Gasteiger partial charge in [-0.15, -0.1) is 0 Å². The smallest absolute Gasteiger partial charge is 0.0544 e. The molecule has 1 atom stereocenters. The van der Waals surface area contributed by atoms with E-state index >= 15 is 0 Å². The minimum atomic E-state index is 0.233. The number of hydrogen-bond donors (Lipinski definition) is 1. The van der Waals surface area contributed by atoms with E-state index in [1.807, 2.05) is 6.21 Å². The minimum Gasteiger partial charge on any atom is -0.283 e. The summed E-state index contributed by atoms with van der Waals surface area (Å²) in [5.74, 6) is 1.09. The highest BCUT2D eigenvalue weighted by Gasteiger charge is 2.17. The molecule has 1 aliphatic carbocycles. The van der Waals surface area contributed by atoms with Gasteiger partial charge in [-0.05, 0) is 64.3 Å². The molecule has 3 aromatic rings. The van der Waals surface area contributed by atoms with Crippen LogP contribution in [0.25, 0.3) is 10.8 Å². The van der Waals surface area contributed by atoms with Crippen LogP contribution in [0.15, 0.2) is 78.0 Å². The third kappa shape index (κ3) is 5.30. The van der Waals surface area contributed by atoms with Crippen LogP contribution in [0.3, 0.4) is 0 Å². The van der Waals surface area contributed by atoms with Crippen LogP contribution in [0.1, 0.15) is 74.1 Å². The fraction of sp³-hybridized carbons (Fsp3) is 0.367. The molecular formula is C30H36N2. The monoisotopic (exact) mass is 424 g/mol. The Bertz CT molecular complexity index is 1090. The van der Waals surface area contributed by atoms with Crippen LogP contribution in [-0.2, 0) is 12.8 Å². The average molecular weight is 425 g/mol. The number of fused-ring (bicyclic) bond motifs is 1. The van der Waals surface area contributed by atoms with Gasteiger partial charge in [0.15, 0.2) is 0 Å². The van der Waals surface area contributed by atoms with E-state index in [-0.39, 0.29) is 5.92 Å². The van der Waals surface area contributed by atoms with Crippen LogP contribution < -0.4 is 5.43 Å². The van der Waals surface area contributed by atoms with Gasteiger partial charge in [-0.2, -0.15) is 5.10 Å². The number of nitrogens with one attached hydrogen (secondary N) is 1. The number of benzene rings is 3. The van der Waals surface area contributed by atoms with Gasteiger partial charge >= 0.3 is 0 Å². The van der Waals surface area contributed by atoms with Gasteiger partial charge in [0, 0.05) is 11.6 Å². The molecule has 2 nitrogen and oxygen atoms in total. The van der Waals surface area contributed by atoms with Crippen molar-refractivity contribution in [1.82, 2.24) is 5.43 Å². The molecule has 4 rings (SSSR count). The van der Waals surface area contributed by atoms with E-state index in [1.165, 1.54) is 59.6 Å². The fourth-order valence-corrected chi connectivity index (χ4v) is 5.16. The van der Waals surface area contributed by atoms with Crippen LogP contribution in [0, 0.1) is 5.92 Å². The lowest BCUT2D eigenvalue weighted by Gasteiger charge is -2.18. The molecule has 1 N–H and O–H groups in total. The molecule has 3 aromatic carbocycles. The number of aryl methyl sites for hydroxylation is 1. The molecule has 0 aliphatic heterocycles. The molecule has 32 heavy (non-hydrogen) atoms. The summed E-state index contributed by atoms with van der Waals surface area (Å²) in [5.41, 5.74) is 9.59. The van der Waals surface area contributed by atoms with Crippen LogP contribution >= 0.6 is 0 Å². The Morgan fingerprint density at radius 1 is 1.00 bits per heavy atom. The second-order valence-corrected chi connectivity index (χ2v) is 9.20. The number of hydrogen-bond acceptors (Lipinski definition) is 2. The Morgan fingerprint density at radius 3 is 2.53 bits per heavy atom. The van der Waals surface area contributed by atoms with Crippen molar-refractivity contribution < 1.29 is 0 Å². The van der Waals surface area contributed by atoms with Gasteiger partial charge in [-0.25, -0.2) is 0 Å². The second-order valence-electron chi connectivity index (χ2n) is 9.20. The number of rotatable bonds is 9. The SMILES string of the molecule is C=C(N/N=C/c1ccc(CC)c(CC2CCCC2)c1)C(CC)c1ccc2ccccc2c1. The zero-order valence-corrected chi connectivity index (χ0v) is 19.6. The first-order chi connectivity index (χ1) is 15.7. The van der Waals surface area contributed by atoms with E-state index in [2.05, 4.69) is 91.6 Å². The molecule has 1 unspecified atom stereocenters. The van der Waals surface area contributed by atoms with Gasteiger partial charge in [0.05, 0.1) is 6.21 Å². The van der Waals surface area contributed by atoms with Crippen molar-refractivity contribution in [3.8, 4) is 0 Å². The molecule has 1 saturated carbocycles. The summed E-state index contributed by atoms with van der Waals surface area (Å²) in [7, 11) is 0. The van der Waals surface area contributed by atoms with Gasteiger partial charge in [-0.3, -0.25) is 5.43 Å². The fourth-order valence-electron chi connectivity index (χ4n) is 5.16. The summed E-state index contributed by atoms with van der Waals surface area (Å²) in [6.07, 6.45) is 10.8. The Morgan fingerprint density at radius 2 is 1.78 bits per heavy atom. The summed E-state index contributed by atoms with van der Waals surface area (Å²) in [4.78, 5) is 0. The Labute approximate surface area is 193 Å². The third-order valence-electron chi connectivity index (χ3n) is 7.02. The lowest BCUT2D eigenvalue weighted by Crippen LogP contribution is -2.13. The molecule has 0 bridgehead atoms.